The molecule has 0 saturated carbocycles. The average Bonchev–Trinajstić information content (AvgIpc) is 3.01. The van der Waals surface area contributed by atoms with Crippen molar-refractivity contribution in [2.24, 2.45) is 4.99 Å². The van der Waals surface area contributed by atoms with Crippen LogP contribution in [0.25, 0.3) is 0 Å². The molecule has 23 heavy (non-hydrogen) atoms. The van der Waals surface area contributed by atoms with E-state index in [9.17, 15) is 4.39 Å². The van der Waals surface area contributed by atoms with Gasteiger partial charge in [0.25, 0.3) is 0 Å². The van der Waals surface area contributed by atoms with Crippen LogP contribution in [0.15, 0.2) is 34.6 Å². The first-order valence-corrected chi connectivity index (χ1v) is 8.67. The Morgan fingerprint density at radius 3 is 2.65 bits per heavy atom. The second-order valence-electron chi connectivity index (χ2n) is 5.24. The minimum absolute atomic E-state index is 0.216. The van der Waals surface area contributed by atoms with Gasteiger partial charge in [-0.1, -0.05) is 19.1 Å². The number of hydrogen-bond acceptors (Lipinski definition) is 3. The number of benzene rings is 1. The van der Waals surface area contributed by atoms with Crippen molar-refractivity contribution < 1.29 is 4.39 Å². The van der Waals surface area contributed by atoms with Gasteiger partial charge >= 0.3 is 0 Å². The van der Waals surface area contributed by atoms with Gasteiger partial charge < -0.3 is 10.2 Å². The summed E-state index contributed by atoms with van der Waals surface area (Å²) in [6.45, 7) is 6.17. The van der Waals surface area contributed by atoms with E-state index in [4.69, 9.17) is 0 Å². The van der Waals surface area contributed by atoms with Crippen LogP contribution in [0.5, 0.6) is 0 Å². The predicted octanol–water partition coefficient (Wildman–Crippen LogP) is 3.44. The van der Waals surface area contributed by atoms with Crippen LogP contribution in [-0.2, 0) is 19.5 Å². The van der Waals surface area contributed by atoms with Crippen LogP contribution >= 0.6 is 11.3 Å². The van der Waals surface area contributed by atoms with E-state index in [1.54, 1.807) is 23.5 Å². The number of aliphatic imine (C=N–C) groups is 1. The van der Waals surface area contributed by atoms with Crippen molar-refractivity contribution >= 4 is 17.3 Å². The second kappa shape index (κ2) is 8.62. The van der Waals surface area contributed by atoms with E-state index in [0.717, 1.165) is 35.2 Å². The number of nitrogens with zero attached hydrogens (tertiary/aromatic N) is 3. The van der Waals surface area contributed by atoms with E-state index in [1.165, 1.54) is 12.1 Å². The zero-order valence-corrected chi connectivity index (χ0v) is 14.7. The van der Waals surface area contributed by atoms with E-state index in [2.05, 4.69) is 27.6 Å². The van der Waals surface area contributed by atoms with Gasteiger partial charge in [0.05, 0.1) is 17.2 Å². The minimum atomic E-state index is -0.216. The first-order valence-electron chi connectivity index (χ1n) is 7.79. The highest BCUT2D eigenvalue weighted by atomic mass is 32.1. The molecule has 2 aromatic rings. The lowest BCUT2D eigenvalue weighted by Gasteiger charge is -2.22. The summed E-state index contributed by atoms with van der Waals surface area (Å²) in [6, 6.07) is 6.55. The zero-order chi connectivity index (χ0) is 16.7. The van der Waals surface area contributed by atoms with Crippen LogP contribution in [-0.4, -0.2) is 29.4 Å². The molecule has 1 aromatic heterocycles. The number of hydrogen-bond donors (Lipinski definition) is 1. The fourth-order valence-corrected chi connectivity index (χ4v) is 2.88. The SMILES string of the molecule is CCNC(=NCc1csc(CC)n1)N(C)Cc1ccc(F)cc1. The zero-order valence-electron chi connectivity index (χ0n) is 13.8. The summed E-state index contributed by atoms with van der Waals surface area (Å²) in [5.74, 6) is 0.607. The van der Waals surface area contributed by atoms with Gasteiger partial charge in [0.15, 0.2) is 5.96 Å². The smallest absolute Gasteiger partial charge is 0.194 e. The standard InChI is InChI=1S/C17H23FN4S/c1-4-16-21-15(12-23-16)10-20-17(19-5-2)22(3)11-13-6-8-14(18)9-7-13/h6-9,12H,4-5,10-11H2,1-3H3,(H,19,20). The molecule has 0 radical (unpaired) electrons. The highest BCUT2D eigenvalue weighted by Gasteiger charge is 2.07. The maximum Gasteiger partial charge on any atom is 0.194 e. The summed E-state index contributed by atoms with van der Waals surface area (Å²) < 4.78 is 13.0. The summed E-state index contributed by atoms with van der Waals surface area (Å²) in [5.41, 5.74) is 2.04. The molecule has 0 aliphatic rings. The first kappa shape index (κ1) is 17.4. The Kier molecular flexibility index (Phi) is 6.52. The fourth-order valence-electron chi connectivity index (χ4n) is 2.15. The molecule has 4 nitrogen and oxygen atoms in total. The third kappa shape index (κ3) is 5.32. The number of nitrogens with one attached hydrogen (secondary N) is 1. The van der Waals surface area contributed by atoms with Crippen LogP contribution < -0.4 is 5.32 Å². The topological polar surface area (TPSA) is 40.5 Å². The van der Waals surface area contributed by atoms with Gasteiger partial charge in [0.2, 0.25) is 0 Å². The van der Waals surface area contributed by atoms with Crippen molar-refractivity contribution in [1.29, 1.82) is 0 Å². The summed E-state index contributed by atoms with van der Waals surface area (Å²) in [6.07, 6.45) is 0.957. The van der Waals surface area contributed by atoms with Gasteiger partial charge in [-0.05, 0) is 31.0 Å². The molecule has 124 valence electrons. The van der Waals surface area contributed by atoms with Crippen LogP contribution in [0.4, 0.5) is 4.39 Å². The van der Waals surface area contributed by atoms with Gasteiger partial charge in [-0.25, -0.2) is 14.4 Å². The van der Waals surface area contributed by atoms with Gasteiger partial charge in [0.1, 0.15) is 5.82 Å². The van der Waals surface area contributed by atoms with E-state index in [1.807, 2.05) is 18.9 Å². The van der Waals surface area contributed by atoms with Crippen LogP contribution in [0.1, 0.15) is 30.1 Å². The molecular weight excluding hydrogens is 311 g/mol. The van der Waals surface area contributed by atoms with Crippen molar-refractivity contribution in [3.05, 3.63) is 51.7 Å². The maximum absolute atomic E-state index is 13.0. The third-order valence-electron chi connectivity index (χ3n) is 3.32. The van der Waals surface area contributed by atoms with E-state index < -0.39 is 0 Å². The number of rotatable bonds is 6. The molecule has 0 atom stereocenters. The van der Waals surface area contributed by atoms with Crippen molar-refractivity contribution in [1.82, 2.24) is 15.2 Å². The first-order chi connectivity index (χ1) is 11.1. The van der Waals surface area contributed by atoms with Crippen molar-refractivity contribution in [3.8, 4) is 0 Å². The molecule has 1 aromatic carbocycles. The van der Waals surface area contributed by atoms with Crippen LogP contribution in [0, 0.1) is 5.82 Å². The van der Waals surface area contributed by atoms with Crippen LogP contribution in [0.3, 0.4) is 0 Å². The molecule has 1 N–H and O–H groups in total. The fraction of sp³-hybridized carbons (Fsp3) is 0.412. The lowest BCUT2D eigenvalue weighted by Crippen LogP contribution is -2.38. The van der Waals surface area contributed by atoms with Crippen LogP contribution in [0.2, 0.25) is 0 Å². The number of thiazole rings is 1. The highest BCUT2D eigenvalue weighted by molar-refractivity contribution is 7.09. The quantitative estimate of drug-likeness (QED) is 0.650. The Balaban J connectivity index is 2.03. The number of aryl methyl sites for hydroxylation is 1. The van der Waals surface area contributed by atoms with Gasteiger partial charge in [-0.2, -0.15) is 0 Å². The van der Waals surface area contributed by atoms with E-state index >= 15 is 0 Å². The molecule has 0 spiro atoms. The normalized spacial score (nSPS) is 11.6. The Bertz CT molecular complexity index is 636. The molecule has 0 aliphatic heterocycles. The summed E-state index contributed by atoms with van der Waals surface area (Å²) in [7, 11) is 1.98. The summed E-state index contributed by atoms with van der Waals surface area (Å²) in [5, 5.41) is 6.48. The van der Waals surface area contributed by atoms with E-state index in [0.29, 0.717) is 13.1 Å². The van der Waals surface area contributed by atoms with Crippen molar-refractivity contribution in [2.45, 2.75) is 33.4 Å². The molecule has 0 aliphatic carbocycles. The lowest BCUT2D eigenvalue weighted by atomic mass is 10.2. The molecule has 0 amide bonds. The van der Waals surface area contributed by atoms with Gasteiger partial charge in [-0.15, -0.1) is 11.3 Å². The minimum Gasteiger partial charge on any atom is -0.357 e. The Morgan fingerprint density at radius 1 is 1.30 bits per heavy atom. The highest BCUT2D eigenvalue weighted by Crippen LogP contribution is 2.11. The lowest BCUT2D eigenvalue weighted by molar-refractivity contribution is 0.476. The summed E-state index contributed by atoms with van der Waals surface area (Å²) in [4.78, 5) is 11.2. The summed E-state index contributed by atoms with van der Waals surface area (Å²) >= 11 is 1.68. The van der Waals surface area contributed by atoms with Crippen molar-refractivity contribution in [3.63, 3.8) is 0 Å². The number of guanidine groups is 1. The molecule has 0 unspecified atom stereocenters. The third-order valence-corrected chi connectivity index (χ3v) is 4.36. The second-order valence-corrected chi connectivity index (χ2v) is 6.18. The Morgan fingerprint density at radius 2 is 2.04 bits per heavy atom. The van der Waals surface area contributed by atoms with E-state index in [-0.39, 0.29) is 5.82 Å². The number of aromatic nitrogens is 1. The molecular formula is C17H23FN4S. The molecule has 6 heteroatoms. The van der Waals surface area contributed by atoms with Gasteiger partial charge in [-0.3, -0.25) is 0 Å². The maximum atomic E-state index is 13.0. The Labute approximate surface area is 141 Å². The molecule has 1 heterocycles. The molecule has 0 fully saturated rings. The predicted molar refractivity (Wildman–Crippen MR) is 94.2 cm³/mol. The number of halogens is 1. The average molecular weight is 334 g/mol. The van der Waals surface area contributed by atoms with Gasteiger partial charge in [0, 0.05) is 25.5 Å². The molecule has 0 bridgehead atoms. The van der Waals surface area contributed by atoms with Crippen molar-refractivity contribution in [2.75, 3.05) is 13.6 Å². The monoisotopic (exact) mass is 334 g/mol. The molecule has 2 rings (SSSR count). The molecule has 0 saturated heterocycles. The Hall–Kier alpha value is -1.95. The largest absolute Gasteiger partial charge is 0.357 e.